The van der Waals surface area contributed by atoms with Gasteiger partial charge in [-0.2, -0.15) is 5.10 Å². The number of piperidine rings is 1. The van der Waals surface area contributed by atoms with Crippen molar-refractivity contribution in [3.05, 3.63) is 47.5 Å². The summed E-state index contributed by atoms with van der Waals surface area (Å²) in [6.45, 7) is 3.55. The van der Waals surface area contributed by atoms with Crippen molar-refractivity contribution in [1.29, 1.82) is 0 Å². The number of halogens is 1. The lowest BCUT2D eigenvalue weighted by atomic mass is 10.1. The molecule has 4 heterocycles. The van der Waals surface area contributed by atoms with E-state index in [1.54, 1.807) is 23.1 Å². The minimum absolute atomic E-state index is 0.0393. The Labute approximate surface area is 196 Å². The lowest BCUT2D eigenvalue weighted by molar-refractivity contribution is 0.0810. The maximum absolute atomic E-state index is 12.3. The van der Waals surface area contributed by atoms with E-state index in [1.807, 2.05) is 18.2 Å². The molecule has 174 valence electrons. The van der Waals surface area contributed by atoms with Crippen LogP contribution in [0.2, 0.25) is 5.02 Å². The number of aliphatic hydroxyl groups excluding tert-OH is 1. The van der Waals surface area contributed by atoms with Gasteiger partial charge in [-0.3, -0.25) is 9.67 Å². The van der Waals surface area contributed by atoms with Crippen LogP contribution in [0.15, 0.2) is 41.7 Å². The second kappa shape index (κ2) is 8.68. The summed E-state index contributed by atoms with van der Waals surface area (Å²) >= 11 is 6.21. The minimum atomic E-state index is -3.50. The number of aliphatic hydroxyl groups is 1. The van der Waals surface area contributed by atoms with Crippen molar-refractivity contribution in [3.8, 4) is 0 Å². The average molecular weight is 489 g/mol. The van der Waals surface area contributed by atoms with Gasteiger partial charge in [0.1, 0.15) is 5.82 Å². The molecule has 3 aromatic heterocycles. The van der Waals surface area contributed by atoms with Crippen LogP contribution >= 0.6 is 11.6 Å². The molecule has 1 saturated heterocycles. The van der Waals surface area contributed by atoms with E-state index in [0.717, 1.165) is 55.6 Å². The summed E-state index contributed by atoms with van der Waals surface area (Å²) in [5, 5.41) is 15.4. The average Bonchev–Trinajstić information content (AvgIpc) is 3.31. The molecular weight excluding hydrogens is 464 g/mol. The highest BCUT2D eigenvalue weighted by atomic mass is 35.5. The van der Waals surface area contributed by atoms with Crippen molar-refractivity contribution >= 4 is 43.4 Å². The summed E-state index contributed by atoms with van der Waals surface area (Å²) in [7, 11) is -3.50. The van der Waals surface area contributed by atoms with Crippen molar-refractivity contribution < 1.29 is 13.5 Å². The molecular formula is C22H25ClN6O3S. The topological polar surface area (TPSA) is 106 Å². The van der Waals surface area contributed by atoms with E-state index in [9.17, 15) is 13.5 Å². The SMILES string of the molecule is CS(=O)(=O)c1nn(Cc2nc3cc(Cl)ccc3n2CCN2CCC(O)CC2)c2cnccc12. The monoisotopic (exact) mass is 488 g/mol. The van der Waals surface area contributed by atoms with Crippen LogP contribution in [0.3, 0.4) is 0 Å². The number of hydrogen-bond acceptors (Lipinski definition) is 7. The third kappa shape index (κ3) is 4.48. The fourth-order valence-electron chi connectivity index (χ4n) is 4.43. The third-order valence-electron chi connectivity index (χ3n) is 6.15. The van der Waals surface area contributed by atoms with Crippen LogP contribution in [0.4, 0.5) is 0 Å². The fourth-order valence-corrected chi connectivity index (χ4v) is 5.41. The van der Waals surface area contributed by atoms with Gasteiger partial charge in [0.2, 0.25) is 0 Å². The van der Waals surface area contributed by atoms with E-state index < -0.39 is 9.84 Å². The van der Waals surface area contributed by atoms with Crippen LogP contribution < -0.4 is 0 Å². The van der Waals surface area contributed by atoms with Gasteiger partial charge in [0.25, 0.3) is 0 Å². The zero-order valence-electron chi connectivity index (χ0n) is 18.2. The molecule has 1 N–H and O–H groups in total. The summed E-state index contributed by atoms with van der Waals surface area (Å²) in [5.74, 6) is 0.762. The molecule has 33 heavy (non-hydrogen) atoms. The Bertz CT molecular complexity index is 1420. The Morgan fingerprint density at radius 1 is 1.15 bits per heavy atom. The van der Waals surface area contributed by atoms with Gasteiger partial charge >= 0.3 is 0 Å². The third-order valence-corrected chi connectivity index (χ3v) is 7.39. The number of likely N-dealkylation sites (tertiary alicyclic amines) is 1. The summed E-state index contributed by atoms with van der Waals surface area (Å²) < 4.78 is 28.4. The number of rotatable bonds is 6. The van der Waals surface area contributed by atoms with Gasteiger partial charge in [-0.1, -0.05) is 11.6 Å². The zero-order valence-corrected chi connectivity index (χ0v) is 19.8. The maximum Gasteiger partial charge on any atom is 0.195 e. The van der Waals surface area contributed by atoms with Crippen molar-refractivity contribution in [2.24, 2.45) is 0 Å². The first-order valence-electron chi connectivity index (χ1n) is 10.9. The number of hydrogen-bond donors (Lipinski definition) is 1. The molecule has 0 bridgehead atoms. The summed E-state index contributed by atoms with van der Waals surface area (Å²) in [6, 6.07) is 7.30. The minimum Gasteiger partial charge on any atom is -0.393 e. The van der Waals surface area contributed by atoms with Crippen LogP contribution in [0.5, 0.6) is 0 Å². The highest BCUT2D eigenvalue weighted by molar-refractivity contribution is 7.90. The van der Waals surface area contributed by atoms with E-state index in [0.29, 0.717) is 29.0 Å². The van der Waals surface area contributed by atoms with Gasteiger partial charge < -0.3 is 14.6 Å². The second-order valence-corrected chi connectivity index (χ2v) is 10.9. The Morgan fingerprint density at radius 2 is 1.94 bits per heavy atom. The number of benzene rings is 1. The maximum atomic E-state index is 12.3. The van der Waals surface area contributed by atoms with Gasteiger partial charge in [-0.25, -0.2) is 13.4 Å². The van der Waals surface area contributed by atoms with Gasteiger partial charge in [0, 0.05) is 49.0 Å². The number of aromatic nitrogens is 5. The molecule has 0 amide bonds. The lowest BCUT2D eigenvalue weighted by Gasteiger charge is -2.29. The lowest BCUT2D eigenvalue weighted by Crippen LogP contribution is -2.37. The first kappa shape index (κ1) is 22.3. The molecule has 0 radical (unpaired) electrons. The van der Waals surface area contributed by atoms with Crippen LogP contribution in [-0.2, 0) is 22.9 Å². The zero-order chi connectivity index (χ0) is 23.2. The summed E-state index contributed by atoms with van der Waals surface area (Å²) in [6.07, 6.45) is 5.71. The molecule has 1 fully saturated rings. The molecule has 11 heteroatoms. The molecule has 1 aliphatic rings. The second-order valence-electron chi connectivity index (χ2n) is 8.51. The number of pyridine rings is 1. The molecule has 0 unspecified atom stereocenters. The number of sulfone groups is 1. The predicted molar refractivity (Wildman–Crippen MR) is 126 cm³/mol. The van der Waals surface area contributed by atoms with Crippen molar-refractivity contribution in [3.63, 3.8) is 0 Å². The van der Waals surface area contributed by atoms with Gasteiger partial charge in [-0.15, -0.1) is 0 Å². The molecule has 0 saturated carbocycles. The fraction of sp³-hybridized carbons (Fsp3) is 0.409. The molecule has 0 aliphatic carbocycles. The predicted octanol–water partition coefficient (Wildman–Crippen LogP) is 2.34. The largest absolute Gasteiger partial charge is 0.393 e. The van der Waals surface area contributed by atoms with Crippen molar-refractivity contribution in [2.45, 2.75) is 37.1 Å². The number of imidazole rings is 1. The van der Waals surface area contributed by atoms with Crippen molar-refractivity contribution in [1.82, 2.24) is 29.2 Å². The molecule has 1 aromatic carbocycles. The Balaban J connectivity index is 1.52. The van der Waals surface area contributed by atoms with Crippen molar-refractivity contribution in [2.75, 3.05) is 25.9 Å². The van der Waals surface area contributed by atoms with Gasteiger partial charge in [0.05, 0.1) is 35.4 Å². The van der Waals surface area contributed by atoms with Crippen LogP contribution in [0, 0.1) is 0 Å². The highest BCUT2D eigenvalue weighted by Gasteiger charge is 2.22. The van der Waals surface area contributed by atoms with Crippen LogP contribution in [-0.4, -0.2) is 74.7 Å². The van der Waals surface area contributed by atoms with Crippen LogP contribution in [0.1, 0.15) is 18.7 Å². The molecule has 5 rings (SSSR count). The Morgan fingerprint density at radius 3 is 2.70 bits per heavy atom. The molecule has 0 spiro atoms. The van der Waals surface area contributed by atoms with Gasteiger partial charge in [0.15, 0.2) is 14.9 Å². The Hall–Kier alpha value is -2.53. The Kier molecular flexibility index (Phi) is 5.86. The first-order valence-corrected chi connectivity index (χ1v) is 13.1. The van der Waals surface area contributed by atoms with E-state index >= 15 is 0 Å². The highest BCUT2D eigenvalue weighted by Crippen LogP contribution is 2.25. The molecule has 1 aliphatic heterocycles. The first-order chi connectivity index (χ1) is 15.8. The number of nitrogens with zero attached hydrogens (tertiary/aromatic N) is 6. The van der Waals surface area contributed by atoms with Gasteiger partial charge in [-0.05, 0) is 37.1 Å². The molecule has 4 aromatic rings. The van der Waals surface area contributed by atoms with E-state index in [4.69, 9.17) is 16.6 Å². The van der Waals surface area contributed by atoms with E-state index in [-0.39, 0.29) is 11.1 Å². The quantitative estimate of drug-likeness (QED) is 0.444. The smallest absolute Gasteiger partial charge is 0.195 e. The standard InChI is InChI=1S/C22H25ClN6O3S/c1-33(31,32)22-17-4-7-24-13-20(17)29(26-22)14-21-25-18-12-15(23)2-3-19(18)28(21)11-10-27-8-5-16(30)6-9-27/h2-4,7,12-13,16,30H,5-6,8-11,14H2,1H3. The van der Waals surface area contributed by atoms with E-state index in [1.165, 1.54) is 0 Å². The summed E-state index contributed by atoms with van der Waals surface area (Å²) in [4.78, 5) is 11.3. The normalized spacial score (nSPS) is 16.2. The molecule has 0 atom stereocenters. The van der Waals surface area contributed by atoms with Crippen LogP contribution in [0.25, 0.3) is 21.9 Å². The number of fused-ring (bicyclic) bond motifs is 2. The summed E-state index contributed by atoms with van der Waals surface area (Å²) in [5.41, 5.74) is 2.38. The molecule has 9 nitrogen and oxygen atoms in total. The van der Waals surface area contributed by atoms with E-state index in [2.05, 4.69) is 19.5 Å².